The smallest absolute Gasteiger partial charge is 0.407 e. The van der Waals surface area contributed by atoms with Crippen LogP contribution in [0.4, 0.5) is 9.93 Å². The molecule has 250 valence electrons. The molecule has 3 fully saturated rings. The van der Waals surface area contributed by atoms with Gasteiger partial charge in [-0.1, -0.05) is 55.5 Å². The SMILES string of the molecule is CC(C)CN(C[C@@H](O)[C@H](Cc1ccccc1)NC(=O)O[C@H]1CO[C@H]2OCC[C@H]21)S(=O)(=O)c1ccc2nc(NC3CCNC3)sc2c1. The Kier molecular flexibility index (Phi) is 10.4. The molecule has 1 amide bonds. The van der Waals surface area contributed by atoms with E-state index < -0.39 is 34.4 Å². The standard InChI is InChI=1S/C32H43N5O7S2/c1-20(2)17-37(46(40,41)23-8-9-25-29(15-23)45-31(35-25)34-22-10-12-33-16-22)18-27(38)26(14-21-6-4-3-5-7-21)36-32(39)44-28-19-43-30-24(28)11-13-42-30/h3-9,15,20,22,24,26-28,30,33,38H,10-14,16-19H2,1-2H3,(H,34,35)(H,36,39)/t22?,24-,26-,27+,28-,30+/m0/s1. The maximum Gasteiger partial charge on any atom is 0.407 e. The maximum atomic E-state index is 14.1. The van der Waals surface area contributed by atoms with Crippen LogP contribution in [0.25, 0.3) is 10.2 Å². The number of aliphatic hydroxyl groups excluding tert-OH is 1. The fraction of sp³-hybridized carbons (Fsp3) is 0.562. The van der Waals surface area contributed by atoms with Gasteiger partial charge in [-0.25, -0.2) is 18.2 Å². The number of ether oxygens (including phenoxy) is 3. The van der Waals surface area contributed by atoms with E-state index in [2.05, 4.69) is 20.9 Å². The van der Waals surface area contributed by atoms with E-state index in [1.54, 1.807) is 18.2 Å². The zero-order chi connectivity index (χ0) is 32.3. The molecule has 0 spiro atoms. The van der Waals surface area contributed by atoms with Gasteiger partial charge in [-0.2, -0.15) is 4.31 Å². The first-order valence-corrected chi connectivity index (χ1v) is 18.2. The molecule has 4 heterocycles. The largest absolute Gasteiger partial charge is 0.443 e. The normalized spacial score (nSPS) is 24.4. The quantitative estimate of drug-likeness (QED) is 0.213. The van der Waals surface area contributed by atoms with Gasteiger partial charge in [0.05, 0.1) is 46.4 Å². The number of hydrogen-bond acceptors (Lipinski definition) is 11. The summed E-state index contributed by atoms with van der Waals surface area (Å²) in [6.07, 6.45) is -0.710. The number of fused-ring (bicyclic) bond motifs is 2. The number of sulfonamides is 1. The molecule has 3 aliphatic heterocycles. The topological polar surface area (TPSA) is 151 Å². The number of nitrogens with one attached hydrogen (secondary N) is 3. The van der Waals surface area contributed by atoms with Crippen LogP contribution in [-0.2, 0) is 30.7 Å². The second-order valence-corrected chi connectivity index (χ2v) is 15.6. The maximum absolute atomic E-state index is 14.1. The summed E-state index contributed by atoms with van der Waals surface area (Å²) in [6, 6.07) is 13.9. The third-order valence-electron chi connectivity index (χ3n) is 8.65. The Balaban J connectivity index is 1.19. The highest BCUT2D eigenvalue weighted by Gasteiger charge is 2.44. The molecule has 14 heteroatoms. The molecular weight excluding hydrogens is 631 g/mol. The Bertz CT molecular complexity index is 1580. The average Bonchev–Trinajstić information content (AvgIpc) is 3.83. The fourth-order valence-electron chi connectivity index (χ4n) is 6.26. The lowest BCUT2D eigenvalue weighted by Gasteiger charge is -2.31. The average molecular weight is 674 g/mol. The summed E-state index contributed by atoms with van der Waals surface area (Å²) in [5, 5.41) is 21.9. The molecule has 3 saturated heterocycles. The molecule has 12 nitrogen and oxygen atoms in total. The van der Waals surface area contributed by atoms with Crippen molar-refractivity contribution >= 4 is 42.8 Å². The minimum Gasteiger partial charge on any atom is -0.443 e. The summed E-state index contributed by atoms with van der Waals surface area (Å²) < 4.78 is 47.2. The van der Waals surface area contributed by atoms with Gasteiger partial charge < -0.3 is 35.3 Å². The van der Waals surface area contributed by atoms with Gasteiger partial charge >= 0.3 is 6.09 Å². The second-order valence-electron chi connectivity index (χ2n) is 12.7. The van der Waals surface area contributed by atoms with Gasteiger partial charge in [-0.3, -0.25) is 0 Å². The number of nitrogens with zero attached hydrogens (tertiary/aromatic N) is 2. The zero-order valence-corrected chi connectivity index (χ0v) is 27.8. The molecule has 1 aromatic heterocycles. The van der Waals surface area contributed by atoms with E-state index >= 15 is 0 Å². The summed E-state index contributed by atoms with van der Waals surface area (Å²) in [4.78, 5) is 17.9. The van der Waals surface area contributed by atoms with Crippen molar-refractivity contribution in [2.24, 2.45) is 11.8 Å². The van der Waals surface area contributed by atoms with E-state index in [4.69, 9.17) is 14.2 Å². The van der Waals surface area contributed by atoms with Crippen LogP contribution < -0.4 is 16.0 Å². The Labute approximate surface area is 273 Å². The predicted octanol–water partition coefficient (Wildman–Crippen LogP) is 3.18. The molecule has 3 aromatic rings. The molecule has 4 N–H and O–H groups in total. The number of carbonyl (C=O) groups is 1. The summed E-state index contributed by atoms with van der Waals surface area (Å²) in [7, 11) is -4.01. The van der Waals surface area contributed by atoms with Gasteiger partial charge in [0.1, 0.15) is 6.10 Å². The Hall–Kier alpha value is -2.85. The van der Waals surface area contributed by atoms with E-state index in [9.17, 15) is 18.3 Å². The van der Waals surface area contributed by atoms with Gasteiger partial charge in [0.2, 0.25) is 10.0 Å². The predicted molar refractivity (Wildman–Crippen MR) is 175 cm³/mol. The number of alkyl carbamates (subject to hydrolysis) is 1. The highest BCUT2D eigenvalue weighted by atomic mass is 32.2. The lowest BCUT2D eigenvalue weighted by Crippen LogP contribution is -2.51. The number of hydrogen-bond donors (Lipinski definition) is 4. The molecular formula is C32H43N5O7S2. The van der Waals surface area contributed by atoms with E-state index in [1.165, 1.54) is 15.6 Å². The molecule has 6 rings (SSSR count). The van der Waals surface area contributed by atoms with Crippen molar-refractivity contribution in [1.29, 1.82) is 0 Å². The van der Waals surface area contributed by atoms with Crippen molar-refractivity contribution in [2.75, 3.05) is 44.7 Å². The molecule has 3 aliphatic rings. The lowest BCUT2D eigenvalue weighted by atomic mass is 10.0. The van der Waals surface area contributed by atoms with Crippen molar-refractivity contribution < 1.29 is 32.5 Å². The van der Waals surface area contributed by atoms with Crippen LogP contribution >= 0.6 is 11.3 Å². The van der Waals surface area contributed by atoms with E-state index in [0.717, 1.165) is 46.8 Å². The van der Waals surface area contributed by atoms with Crippen molar-refractivity contribution in [3.8, 4) is 0 Å². The van der Waals surface area contributed by atoms with Crippen LogP contribution in [0.15, 0.2) is 53.4 Å². The minimum atomic E-state index is -4.01. The highest BCUT2D eigenvalue weighted by molar-refractivity contribution is 7.89. The number of anilines is 1. The van der Waals surface area contributed by atoms with Crippen molar-refractivity contribution in [1.82, 2.24) is 19.9 Å². The Morgan fingerprint density at radius 2 is 2.00 bits per heavy atom. The monoisotopic (exact) mass is 673 g/mol. The van der Waals surface area contributed by atoms with Crippen LogP contribution in [0, 0.1) is 11.8 Å². The number of amides is 1. The van der Waals surface area contributed by atoms with Crippen LogP contribution in [0.3, 0.4) is 0 Å². The molecule has 2 aromatic carbocycles. The first kappa shape index (κ1) is 33.1. The highest BCUT2D eigenvalue weighted by Crippen LogP contribution is 2.33. The summed E-state index contributed by atoms with van der Waals surface area (Å²) in [5.74, 6) is -0.0447. The number of aliphatic hydroxyl groups is 1. The molecule has 46 heavy (non-hydrogen) atoms. The number of benzene rings is 2. The first-order chi connectivity index (χ1) is 22.2. The van der Waals surface area contributed by atoms with Crippen molar-refractivity contribution in [2.45, 2.75) is 68.6 Å². The van der Waals surface area contributed by atoms with Gasteiger partial charge in [0.25, 0.3) is 0 Å². The Morgan fingerprint density at radius 1 is 1.17 bits per heavy atom. The van der Waals surface area contributed by atoms with E-state index in [-0.39, 0.29) is 49.1 Å². The lowest BCUT2D eigenvalue weighted by molar-refractivity contribution is -0.0907. The van der Waals surface area contributed by atoms with Crippen molar-refractivity contribution in [3.05, 3.63) is 54.1 Å². The molecule has 0 bridgehead atoms. The fourth-order valence-corrected chi connectivity index (χ4v) is 8.97. The van der Waals surface area contributed by atoms with Crippen LogP contribution in [0.1, 0.15) is 32.3 Å². The van der Waals surface area contributed by atoms with Crippen LogP contribution in [0.5, 0.6) is 0 Å². The minimum absolute atomic E-state index is 0.0145. The molecule has 0 saturated carbocycles. The van der Waals surface area contributed by atoms with Crippen LogP contribution in [0.2, 0.25) is 0 Å². The molecule has 0 aliphatic carbocycles. The first-order valence-electron chi connectivity index (χ1n) is 16.0. The summed E-state index contributed by atoms with van der Waals surface area (Å²) in [6.45, 7) is 6.45. The van der Waals surface area contributed by atoms with Gasteiger partial charge in [0, 0.05) is 25.7 Å². The molecule has 1 unspecified atom stereocenters. The van der Waals surface area contributed by atoms with E-state index in [1.807, 2.05) is 44.2 Å². The second kappa shape index (κ2) is 14.5. The Morgan fingerprint density at radius 3 is 2.76 bits per heavy atom. The third-order valence-corrected chi connectivity index (χ3v) is 11.4. The number of rotatable bonds is 13. The zero-order valence-electron chi connectivity index (χ0n) is 26.1. The molecule has 0 radical (unpaired) electrons. The van der Waals surface area contributed by atoms with Gasteiger partial charge in [-0.15, -0.1) is 0 Å². The van der Waals surface area contributed by atoms with E-state index in [0.29, 0.717) is 12.6 Å². The number of aromatic nitrogens is 1. The summed E-state index contributed by atoms with van der Waals surface area (Å²) in [5.41, 5.74) is 1.61. The van der Waals surface area contributed by atoms with Gasteiger partial charge in [0.15, 0.2) is 11.4 Å². The molecule has 6 atom stereocenters. The summed E-state index contributed by atoms with van der Waals surface area (Å²) >= 11 is 1.42. The van der Waals surface area contributed by atoms with Crippen molar-refractivity contribution in [3.63, 3.8) is 0 Å². The number of thiazole rings is 1. The third kappa shape index (κ3) is 7.81. The van der Waals surface area contributed by atoms with Crippen LogP contribution in [-0.4, -0.2) is 98.9 Å². The van der Waals surface area contributed by atoms with Gasteiger partial charge in [-0.05, 0) is 55.5 Å². The number of carbonyl (C=O) groups excluding carboxylic acids is 1.